The van der Waals surface area contributed by atoms with E-state index in [1.807, 2.05) is 50.5 Å². The van der Waals surface area contributed by atoms with Gasteiger partial charge in [0.2, 0.25) is 5.91 Å². The molecule has 0 radical (unpaired) electrons. The van der Waals surface area contributed by atoms with E-state index in [0.29, 0.717) is 17.7 Å². The van der Waals surface area contributed by atoms with Crippen molar-refractivity contribution in [1.82, 2.24) is 20.0 Å². The Morgan fingerprint density at radius 3 is 2.77 bits per heavy atom. The predicted octanol–water partition coefficient (Wildman–Crippen LogP) is 3.68. The number of piperidine rings is 1. The number of imide groups is 1. The molecule has 1 N–H and O–H groups in total. The highest BCUT2D eigenvalue weighted by molar-refractivity contribution is 7.10. The first-order valence-corrected chi connectivity index (χ1v) is 12.8. The zero-order valence-corrected chi connectivity index (χ0v) is 21.0. The van der Waals surface area contributed by atoms with Crippen LogP contribution in [0.5, 0.6) is 0 Å². The van der Waals surface area contributed by atoms with Crippen LogP contribution in [0.4, 0.5) is 5.69 Å². The molecule has 2 aromatic heterocycles. The van der Waals surface area contributed by atoms with Crippen molar-refractivity contribution in [3.8, 4) is 0 Å². The molecule has 5 rings (SSSR count). The molecule has 4 heterocycles. The highest BCUT2D eigenvalue weighted by atomic mass is 32.1. The summed E-state index contributed by atoms with van der Waals surface area (Å²) < 4.78 is 1.73. The first-order valence-electron chi connectivity index (χ1n) is 11.9. The van der Waals surface area contributed by atoms with Crippen LogP contribution in [-0.2, 0) is 18.4 Å². The number of anilines is 1. The first kappa shape index (κ1) is 23.3. The summed E-state index contributed by atoms with van der Waals surface area (Å²) >= 11 is 1.63. The molecule has 1 saturated heterocycles. The fourth-order valence-electron chi connectivity index (χ4n) is 4.94. The molecule has 2 atom stereocenters. The van der Waals surface area contributed by atoms with Gasteiger partial charge in [0.25, 0.3) is 11.8 Å². The molecule has 0 bridgehead atoms. The van der Waals surface area contributed by atoms with Gasteiger partial charge in [0.1, 0.15) is 0 Å². The summed E-state index contributed by atoms with van der Waals surface area (Å²) in [5.74, 6) is -0.726. The van der Waals surface area contributed by atoms with Crippen LogP contribution in [0, 0.1) is 12.8 Å². The largest absolute Gasteiger partial charge is 0.370 e. The third-order valence-corrected chi connectivity index (χ3v) is 8.16. The van der Waals surface area contributed by atoms with E-state index in [1.54, 1.807) is 28.3 Å². The molecule has 1 fully saturated rings. The molecular weight excluding hydrogens is 462 g/mol. The molecule has 9 heteroatoms. The smallest absolute Gasteiger partial charge is 0.263 e. The van der Waals surface area contributed by atoms with Crippen LogP contribution in [0.15, 0.2) is 41.9 Å². The summed E-state index contributed by atoms with van der Waals surface area (Å²) in [7, 11) is 1.84. The highest BCUT2D eigenvalue weighted by Crippen LogP contribution is 2.35. The average Bonchev–Trinajstić information content (AvgIpc) is 3.57. The van der Waals surface area contributed by atoms with Crippen molar-refractivity contribution in [3.05, 3.63) is 69.2 Å². The Balaban J connectivity index is 1.35. The number of hydrogen-bond donors (Lipinski definition) is 1. The fourth-order valence-corrected chi connectivity index (χ4v) is 5.68. The maximum Gasteiger partial charge on any atom is 0.263 e. The summed E-state index contributed by atoms with van der Waals surface area (Å²) in [5.41, 5.74) is 3.36. The number of nitrogens with zero attached hydrogens (tertiary/aromatic N) is 4. The van der Waals surface area contributed by atoms with Crippen molar-refractivity contribution < 1.29 is 14.4 Å². The Bertz CT molecular complexity index is 1280. The van der Waals surface area contributed by atoms with Crippen molar-refractivity contribution in [3.63, 3.8) is 0 Å². The van der Waals surface area contributed by atoms with Crippen molar-refractivity contribution in [2.24, 2.45) is 13.0 Å². The van der Waals surface area contributed by atoms with Crippen molar-refractivity contribution >= 4 is 34.7 Å². The number of aromatic nitrogens is 2. The lowest BCUT2D eigenvalue weighted by Crippen LogP contribution is -2.44. The number of rotatable bonds is 6. The van der Waals surface area contributed by atoms with Gasteiger partial charge in [-0.2, -0.15) is 5.10 Å². The van der Waals surface area contributed by atoms with Gasteiger partial charge in [-0.05, 0) is 50.3 Å². The number of hydrogen-bond acceptors (Lipinski definition) is 6. The number of carbonyl (C=O) groups is 3. The Hall–Kier alpha value is -3.46. The molecule has 0 saturated carbocycles. The minimum atomic E-state index is -0.290. The van der Waals surface area contributed by atoms with Crippen molar-refractivity contribution in [2.45, 2.75) is 39.3 Å². The summed E-state index contributed by atoms with van der Waals surface area (Å²) in [5, 5.41) is 9.38. The van der Waals surface area contributed by atoms with Gasteiger partial charge in [0, 0.05) is 36.3 Å². The molecule has 0 aliphatic carbocycles. The summed E-state index contributed by atoms with van der Waals surface area (Å²) in [4.78, 5) is 44.2. The van der Waals surface area contributed by atoms with Gasteiger partial charge < -0.3 is 10.2 Å². The average molecular weight is 492 g/mol. The number of benzene rings is 1. The summed E-state index contributed by atoms with van der Waals surface area (Å²) in [6.07, 6.45) is 3.34. The van der Waals surface area contributed by atoms with E-state index in [4.69, 9.17) is 0 Å². The van der Waals surface area contributed by atoms with Crippen LogP contribution in [0.2, 0.25) is 0 Å². The van der Waals surface area contributed by atoms with E-state index in [9.17, 15) is 14.4 Å². The summed E-state index contributed by atoms with van der Waals surface area (Å²) in [6.45, 7) is 5.37. The lowest BCUT2D eigenvalue weighted by atomic mass is 9.95. The van der Waals surface area contributed by atoms with E-state index < -0.39 is 0 Å². The molecule has 0 spiro atoms. The minimum absolute atomic E-state index is 0.0271. The second-order valence-corrected chi connectivity index (χ2v) is 10.3. The topological polar surface area (TPSA) is 87.5 Å². The first-order chi connectivity index (χ1) is 16.8. The highest BCUT2D eigenvalue weighted by Gasteiger charge is 2.39. The van der Waals surface area contributed by atoms with Crippen LogP contribution in [0.3, 0.4) is 0 Å². The third-order valence-electron chi connectivity index (χ3n) is 7.10. The quantitative estimate of drug-likeness (QED) is 0.532. The van der Waals surface area contributed by atoms with Gasteiger partial charge in [-0.15, -0.1) is 11.3 Å². The standard InChI is InChI=1S/C26H29N5O3S/c1-16(22-10-6-12-35-22)28-24(32)18-7-5-11-30(14-18)21-9-4-8-20-23(21)26(34)31(25(20)33)15-19-13-27-29(3)17(19)2/h4,6,8-10,12-13,16,18H,5,7,11,14-15H2,1-3H3,(H,28,32)/t16-,18+/m1/s1. The van der Waals surface area contributed by atoms with Gasteiger partial charge in [-0.3, -0.25) is 24.0 Å². The third kappa shape index (κ3) is 4.25. The number of nitrogens with one attached hydrogen (secondary N) is 1. The Kier molecular flexibility index (Phi) is 6.19. The number of amides is 3. The normalized spacial score (nSPS) is 18.7. The zero-order chi connectivity index (χ0) is 24.7. The molecule has 182 valence electrons. The molecule has 3 amide bonds. The molecule has 8 nitrogen and oxygen atoms in total. The lowest BCUT2D eigenvalue weighted by molar-refractivity contribution is -0.125. The van der Waals surface area contributed by atoms with Crippen molar-refractivity contribution in [1.29, 1.82) is 0 Å². The van der Waals surface area contributed by atoms with Crippen LogP contribution in [-0.4, -0.2) is 45.5 Å². The van der Waals surface area contributed by atoms with Gasteiger partial charge in [-0.25, -0.2) is 0 Å². The van der Waals surface area contributed by atoms with E-state index in [0.717, 1.165) is 41.2 Å². The molecule has 1 aromatic carbocycles. The van der Waals surface area contributed by atoms with Gasteiger partial charge in [0.05, 0.1) is 41.5 Å². The number of fused-ring (bicyclic) bond motifs is 1. The van der Waals surface area contributed by atoms with Gasteiger partial charge in [-0.1, -0.05) is 12.1 Å². The van der Waals surface area contributed by atoms with Crippen molar-refractivity contribution in [2.75, 3.05) is 18.0 Å². The minimum Gasteiger partial charge on any atom is -0.370 e. The second kappa shape index (κ2) is 9.30. The molecule has 2 aliphatic rings. The van der Waals surface area contributed by atoms with Gasteiger partial charge >= 0.3 is 0 Å². The predicted molar refractivity (Wildman–Crippen MR) is 134 cm³/mol. The van der Waals surface area contributed by atoms with E-state index >= 15 is 0 Å². The number of thiophene rings is 1. The van der Waals surface area contributed by atoms with Crippen LogP contribution in [0.25, 0.3) is 0 Å². The van der Waals surface area contributed by atoms with E-state index in [1.165, 1.54) is 4.90 Å². The SMILES string of the molecule is Cc1c(CN2C(=O)c3cccc(N4CCC[C@H](C(=O)N[C@H](C)c5cccs5)C4)c3C2=O)cnn1C. The Morgan fingerprint density at radius 2 is 2.06 bits per heavy atom. The van der Waals surface area contributed by atoms with Crippen LogP contribution in [0.1, 0.15) is 62.7 Å². The second-order valence-electron chi connectivity index (χ2n) is 9.31. The maximum absolute atomic E-state index is 13.5. The van der Waals surface area contributed by atoms with Crippen LogP contribution >= 0.6 is 11.3 Å². The molecular formula is C26H29N5O3S. The van der Waals surface area contributed by atoms with Gasteiger partial charge in [0.15, 0.2) is 0 Å². The molecule has 35 heavy (non-hydrogen) atoms. The lowest BCUT2D eigenvalue weighted by Gasteiger charge is -2.35. The monoisotopic (exact) mass is 491 g/mol. The van der Waals surface area contributed by atoms with E-state index in [-0.39, 0.29) is 36.2 Å². The summed E-state index contributed by atoms with van der Waals surface area (Å²) in [6, 6.07) is 9.39. The number of carbonyl (C=O) groups excluding carboxylic acids is 3. The molecule has 2 aliphatic heterocycles. The Labute approximate surface area is 208 Å². The fraction of sp³-hybridized carbons (Fsp3) is 0.385. The van der Waals surface area contributed by atoms with Crippen LogP contribution < -0.4 is 10.2 Å². The van der Waals surface area contributed by atoms with E-state index in [2.05, 4.69) is 15.3 Å². The maximum atomic E-state index is 13.5. The number of aryl methyl sites for hydroxylation is 1. The molecule has 3 aromatic rings. The zero-order valence-electron chi connectivity index (χ0n) is 20.2. The molecule has 0 unspecified atom stereocenters. The Morgan fingerprint density at radius 1 is 1.23 bits per heavy atom.